The van der Waals surface area contributed by atoms with Crippen LogP contribution in [0.25, 0.3) is 0 Å². The first kappa shape index (κ1) is 18.0. The molecule has 2 fully saturated rings. The average molecular weight is 375 g/mol. The first-order chi connectivity index (χ1) is 11.8. The van der Waals surface area contributed by atoms with E-state index in [9.17, 15) is 22.8 Å². The van der Waals surface area contributed by atoms with Crippen molar-refractivity contribution in [2.45, 2.75) is 44.3 Å². The normalized spacial score (nSPS) is 23.4. The van der Waals surface area contributed by atoms with E-state index in [0.717, 1.165) is 37.8 Å². The molecule has 0 radical (unpaired) electrons. The van der Waals surface area contributed by atoms with E-state index in [1.807, 2.05) is 0 Å². The van der Waals surface area contributed by atoms with Crippen LogP contribution in [0.5, 0.6) is 0 Å². The Morgan fingerprint density at radius 2 is 1.72 bits per heavy atom. The molecule has 2 aliphatic carbocycles. The van der Waals surface area contributed by atoms with Gasteiger partial charge in [0, 0.05) is 11.1 Å². The van der Waals surface area contributed by atoms with Crippen molar-refractivity contribution in [3.63, 3.8) is 0 Å². The highest BCUT2D eigenvalue weighted by molar-refractivity contribution is 6.30. The minimum atomic E-state index is -4.63. The number of anilines is 1. The fraction of sp³-hybridized carbons (Fsp3) is 0.529. The molecule has 2 aliphatic rings. The summed E-state index contributed by atoms with van der Waals surface area (Å²) in [5, 5.41) is 5.14. The maximum absolute atomic E-state index is 13.1. The molecule has 4 nitrogen and oxygen atoms in total. The van der Waals surface area contributed by atoms with Crippen molar-refractivity contribution in [2.75, 3.05) is 5.32 Å². The molecule has 1 aromatic rings. The molecule has 2 amide bonds. The van der Waals surface area contributed by atoms with E-state index in [2.05, 4.69) is 10.6 Å². The van der Waals surface area contributed by atoms with Gasteiger partial charge in [-0.2, -0.15) is 13.2 Å². The highest BCUT2D eigenvalue weighted by atomic mass is 35.5. The first-order valence-corrected chi connectivity index (χ1v) is 8.61. The topological polar surface area (TPSA) is 58.2 Å². The van der Waals surface area contributed by atoms with Gasteiger partial charge in [-0.1, -0.05) is 24.4 Å². The van der Waals surface area contributed by atoms with Gasteiger partial charge in [0.05, 0.1) is 23.1 Å². The van der Waals surface area contributed by atoms with E-state index in [4.69, 9.17) is 11.6 Å². The second kappa shape index (κ2) is 6.86. The van der Waals surface area contributed by atoms with Gasteiger partial charge in [-0.15, -0.1) is 0 Å². The largest absolute Gasteiger partial charge is 0.418 e. The van der Waals surface area contributed by atoms with Gasteiger partial charge < -0.3 is 10.6 Å². The van der Waals surface area contributed by atoms with Crippen LogP contribution in [0.3, 0.4) is 0 Å². The smallest absolute Gasteiger partial charge is 0.353 e. The summed E-state index contributed by atoms with van der Waals surface area (Å²) in [5.74, 6) is -1.79. The van der Waals surface area contributed by atoms with Gasteiger partial charge in [0.1, 0.15) is 0 Å². The molecule has 2 atom stereocenters. The Morgan fingerprint density at radius 1 is 1.08 bits per heavy atom. The molecular weight excluding hydrogens is 357 g/mol. The zero-order valence-electron chi connectivity index (χ0n) is 13.3. The van der Waals surface area contributed by atoms with Crippen molar-refractivity contribution in [3.8, 4) is 0 Å². The number of alkyl halides is 3. The molecule has 8 heteroatoms. The van der Waals surface area contributed by atoms with Crippen LogP contribution >= 0.6 is 11.6 Å². The third-order valence-corrected chi connectivity index (χ3v) is 4.95. The van der Waals surface area contributed by atoms with Crippen LogP contribution in [-0.4, -0.2) is 17.9 Å². The lowest BCUT2D eigenvalue weighted by atomic mass is 10.1. The number of carbonyl (C=O) groups excluding carboxylic acids is 2. The monoisotopic (exact) mass is 374 g/mol. The van der Waals surface area contributed by atoms with E-state index in [1.165, 1.54) is 6.07 Å². The number of nitrogens with one attached hydrogen (secondary N) is 2. The SMILES string of the molecule is O=C(Nc1ccc(Cl)cc1C(F)(F)F)C1CC1C(=O)NC1CCCC1. The van der Waals surface area contributed by atoms with Gasteiger partial charge >= 0.3 is 6.18 Å². The fourth-order valence-corrected chi connectivity index (χ4v) is 3.41. The summed E-state index contributed by atoms with van der Waals surface area (Å²) in [4.78, 5) is 24.3. The van der Waals surface area contributed by atoms with E-state index in [-0.39, 0.29) is 22.7 Å². The number of halogens is 4. The molecule has 3 rings (SSSR count). The van der Waals surface area contributed by atoms with Crippen molar-refractivity contribution >= 4 is 29.1 Å². The van der Waals surface area contributed by atoms with E-state index >= 15 is 0 Å². The number of hydrogen-bond donors (Lipinski definition) is 2. The van der Waals surface area contributed by atoms with Crippen LogP contribution in [0.2, 0.25) is 5.02 Å². The standard InChI is InChI=1S/C17H18ClF3N2O2/c18-9-5-6-14(13(7-9)17(19,20)21)23-16(25)12-8-11(12)15(24)22-10-3-1-2-4-10/h5-7,10-12H,1-4,8H2,(H,22,24)(H,23,25). The molecule has 2 N–H and O–H groups in total. The zero-order chi connectivity index (χ0) is 18.2. The van der Waals surface area contributed by atoms with Gasteiger partial charge in [-0.3, -0.25) is 9.59 Å². The third kappa shape index (κ3) is 4.26. The Bertz CT molecular complexity index is 687. The van der Waals surface area contributed by atoms with Gasteiger partial charge in [0.25, 0.3) is 0 Å². The summed E-state index contributed by atoms with van der Waals surface area (Å²) >= 11 is 5.61. The van der Waals surface area contributed by atoms with Crippen molar-refractivity contribution in [2.24, 2.45) is 11.8 Å². The molecular formula is C17H18ClF3N2O2. The van der Waals surface area contributed by atoms with Gasteiger partial charge in [0.15, 0.2) is 0 Å². The summed E-state index contributed by atoms with van der Waals surface area (Å²) < 4.78 is 39.2. The second-order valence-electron chi connectivity index (χ2n) is 6.62. The maximum atomic E-state index is 13.1. The summed E-state index contributed by atoms with van der Waals surface area (Å²) in [5.41, 5.74) is -1.34. The fourth-order valence-electron chi connectivity index (χ4n) is 3.24. The third-order valence-electron chi connectivity index (χ3n) is 4.71. The summed E-state index contributed by atoms with van der Waals surface area (Å²) in [7, 11) is 0. The Morgan fingerprint density at radius 3 is 2.36 bits per heavy atom. The molecule has 2 unspecified atom stereocenters. The number of hydrogen-bond acceptors (Lipinski definition) is 2. The summed E-state index contributed by atoms with van der Waals surface area (Å²) in [6, 6.07) is 3.33. The number of rotatable bonds is 4. The number of amides is 2. The Balaban J connectivity index is 1.61. The van der Waals surface area contributed by atoms with E-state index < -0.39 is 29.5 Å². The first-order valence-electron chi connectivity index (χ1n) is 8.23. The molecule has 0 spiro atoms. The molecule has 2 saturated carbocycles. The van der Waals surface area contributed by atoms with Gasteiger partial charge in [0.2, 0.25) is 11.8 Å². The quantitative estimate of drug-likeness (QED) is 0.837. The Labute approximate surface area is 148 Å². The van der Waals surface area contributed by atoms with Crippen molar-refractivity contribution in [1.29, 1.82) is 0 Å². The van der Waals surface area contributed by atoms with Crippen LogP contribution in [-0.2, 0) is 15.8 Å². The van der Waals surface area contributed by atoms with Crippen LogP contribution in [0, 0.1) is 11.8 Å². The molecule has 0 saturated heterocycles. The second-order valence-corrected chi connectivity index (χ2v) is 7.05. The molecule has 0 aliphatic heterocycles. The predicted octanol–water partition coefficient (Wildman–Crippen LogP) is 3.99. The van der Waals surface area contributed by atoms with Crippen molar-refractivity contribution < 1.29 is 22.8 Å². The van der Waals surface area contributed by atoms with Crippen molar-refractivity contribution in [1.82, 2.24) is 5.32 Å². The van der Waals surface area contributed by atoms with Crippen molar-refractivity contribution in [3.05, 3.63) is 28.8 Å². The molecule has 25 heavy (non-hydrogen) atoms. The average Bonchev–Trinajstić information content (AvgIpc) is 3.19. The van der Waals surface area contributed by atoms with Crippen LogP contribution in [0.1, 0.15) is 37.7 Å². The van der Waals surface area contributed by atoms with Crippen LogP contribution in [0.4, 0.5) is 18.9 Å². The number of benzene rings is 1. The van der Waals surface area contributed by atoms with E-state index in [1.54, 1.807) is 0 Å². The lowest BCUT2D eigenvalue weighted by Gasteiger charge is -2.14. The van der Waals surface area contributed by atoms with Gasteiger partial charge in [-0.05, 0) is 37.5 Å². The van der Waals surface area contributed by atoms with Gasteiger partial charge in [-0.25, -0.2) is 0 Å². The van der Waals surface area contributed by atoms with Crippen LogP contribution < -0.4 is 10.6 Å². The number of carbonyl (C=O) groups is 2. The molecule has 1 aromatic carbocycles. The molecule has 0 bridgehead atoms. The highest BCUT2D eigenvalue weighted by Crippen LogP contribution is 2.41. The predicted molar refractivity (Wildman–Crippen MR) is 87.1 cm³/mol. The lowest BCUT2D eigenvalue weighted by Crippen LogP contribution is -2.34. The maximum Gasteiger partial charge on any atom is 0.418 e. The molecule has 0 aromatic heterocycles. The summed E-state index contributed by atoms with van der Waals surface area (Å²) in [6.07, 6.45) is -0.230. The summed E-state index contributed by atoms with van der Waals surface area (Å²) in [6.45, 7) is 0. The molecule has 0 heterocycles. The van der Waals surface area contributed by atoms with E-state index in [0.29, 0.717) is 6.42 Å². The highest BCUT2D eigenvalue weighted by Gasteiger charge is 2.48. The minimum Gasteiger partial charge on any atom is -0.353 e. The minimum absolute atomic E-state index is 0.0643. The Hall–Kier alpha value is -1.76. The zero-order valence-corrected chi connectivity index (χ0v) is 14.1. The lowest BCUT2D eigenvalue weighted by molar-refractivity contribution is -0.137. The van der Waals surface area contributed by atoms with Crippen LogP contribution in [0.15, 0.2) is 18.2 Å². The molecule has 136 valence electrons. The Kier molecular flexibility index (Phi) is 4.95.